The van der Waals surface area contributed by atoms with Gasteiger partial charge >= 0.3 is 0 Å². The molecule has 0 aliphatic carbocycles. The lowest BCUT2D eigenvalue weighted by Gasteiger charge is -2.16. The van der Waals surface area contributed by atoms with Crippen molar-refractivity contribution < 1.29 is 24.8 Å². The molecule has 0 aromatic rings. The van der Waals surface area contributed by atoms with Gasteiger partial charge in [0.1, 0.15) is 18.3 Å². The summed E-state index contributed by atoms with van der Waals surface area (Å²) in [7, 11) is 1.35. The predicted molar refractivity (Wildman–Crippen MR) is 39.0 cm³/mol. The van der Waals surface area contributed by atoms with E-state index in [1.54, 1.807) is 0 Å². The number of hydrogen-bond acceptors (Lipinski definition) is 5. The highest BCUT2D eigenvalue weighted by Gasteiger charge is 2.44. The van der Waals surface area contributed by atoms with Crippen LogP contribution in [0.5, 0.6) is 0 Å². The van der Waals surface area contributed by atoms with Crippen LogP contribution >= 0.6 is 0 Å². The second kappa shape index (κ2) is 3.68. The van der Waals surface area contributed by atoms with Crippen molar-refractivity contribution >= 4 is 0 Å². The van der Waals surface area contributed by atoms with Crippen molar-refractivity contribution in [3.8, 4) is 0 Å². The van der Waals surface area contributed by atoms with Gasteiger partial charge < -0.3 is 24.8 Å². The van der Waals surface area contributed by atoms with Crippen molar-refractivity contribution in [2.45, 2.75) is 30.7 Å². The molecule has 1 fully saturated rings. The van der Waals surface area contributed by atoms with Gasteiger partial charge in [-0.3, -0.25) is 0 Å². The summed E-state index contributed by atoms with van der Waals surface area (Å²) in [6.45, 7) is 3.28. The highest BCUT2D eigenvalue weighted by molar-refractivity contribution is 4.91. The van der Waals surface area contributed by atoms with E-state index in [2.05, 4.69) is 6.92 Å². The summed E-state index contributed by atoms with van der Waals surface area (Å²) in [5, 5.41) is 27.5. The molecule has 1 aliphatic heterocycles. The zero-order valence-corrected chi connectivity index (χ0v) is 6.75. The van der Waals surface area contributed by atoms with Gasteiger partial charge in [-0.05, 0) is 6.92 Å². The first-order chi connectivity index (χ1) is 5.57. The molecule has 0 saturated carbocycles. The molecular weight excluding hydrogens is 164 g/mol. The molecule has 1 unspecified atom stereocenters. The van der Waals surface area contributed by atoms with E-state index in [1.807, 2.05) is 0 Å². The van der Waals surface area contributed by atoms with Gasteiger partial charge in [-0.1, -0.05) is 0 Å². The zero-order valence-electron chi connectivity index (χ0n) is 6.75. The first-order valence-electron chi connectivity index (χ1n) is 3.63. The minimum atomic E-state index is -1.15. The zero-order chi connectivity index (χ0) is 9.30. The topological polar surface area (TPSA) is 79.2 Å². The lowest BCUT2D eigenvalue weighted by molar-refractivity contribution is -0.159. The smallest absolute Gasteiger partial charge is 0.186 e. The number of ether oxygens (including phenoxy) is 2. The third-order valence-corrected chi connectivity index (χ3v) is 1.87. The predicted octanol–water partition coefficient (Wildman–Crippen LogP) is -1.73. The molecule has 0 aromatic heterocycles. The molecule has 0 bridgehead atoms. The maximum absolute atomic E-state index is 9.27. The largest absolute Gasteiger partial charge is 0.390 e. The maximum atomic E-state index is 9.27. The molecule has 12 heavy (non-hydrogen) atoms. The summed E-state index contributed by atoms with van der Waals surface area (Å²) in [6, 6.07) is 0. The average Bonchev–Trinajstić information content (AvgIpc) is 2.30. The van der Waals surface area contributed by atoms with Crippen LogP contribution in [-0.4, -0.2) is 53.1 Å². The third-order valence-electron chi connectivity index (χ3n) is 1.87. The molecule has 1 radical (unpaired) electrons. The van der Waals surface area contributed by atoms with E-state index in [9.17, 15) is 10.2 Å². The van der Waals surface area contributed by atoms with Crippen LogP contribution in [-0.2, 0) is 9.47 Å². The highest BCUT2D eigenvalue weighted by Crippen LogP contribution is 2.23. The standard InChI is InChI=1S/C7H13O5/c1-3(8)6-4(9)5(10)7(11-2)12-6/h3-10H,1H2,2H3/t3-,4-,5-,6-,7?/m1/s1. The van der Waals surface area contributed by atoms with Gasteiger partial charge in [-0.25, -0.2) is 0 Å². The number of aliphatic hydroxyl groups excluding tert-OH is 3. The first kappa shape index (κ1) is 9.88. The summed E-state index contributed by atoms with van der Waals surface area (Å²) in [4.78, 5) is 0. The Balaban J connectivity index is 2.60. The Morgan fingerprint density at radius 3 is 2.25 bits per heavy atom. The Bertz CT molecular complexity index is 149. The molecule has 0 aromatic carbocycles. The van der Waals surface area contributed by atoms with Gasteiger partial charge in [-0.15, -0.1) is 0 Å². The normalized spacial score (nSPS) is 44.8. The van der Waals surface area contributed by atoms with E-state index in [0.717, 1.165) is 0 Å². The Hall–Kier alpha value is -0.200. The molecule has 1 aliphatic rings. The molecule has 1 rings (SSSR count). The Morgan fingerprint density at radius 1 is 1.42 bits per heavy atom. The number of methoxy groups -OCH3 is 1. The highest BCUT2D eigenvalue weighted by atomic mass is 16.7. The maximum Gasteiger partial charge on any atom is 0.186 e. The number of rotatable bonds is 2. The minimum absolute atomic E-state index is 0.884. The number of aliphatic hydroxyl groups is 3. The lowest BCUT2D eigenvalue weighted by Crippen LogP contribution is -2.37. The monoisotopic (exact) mass is 177 g/mol. The van der Waals surface area contributed by atoms with Gasteiger partial charge in [0.05, 0.1) is 6.10 Å². The van der Waals surface area contributed by atoms with Crippen LogP contribution in [0.3, 0.4) is 0 Å². The Morgan fingerprint density at radius 2 is 2.00 bits per heavy atom. The van der Waals surface area contributed by atoms with Crippen molar-refractivity contribution in [2.75, 3.05) is 7.11 Å². The van der Waals surface area contributed by atoms with Crippen LogP contribution in [0.15, 0.2) is 0 Å². The van der Waals surface area contributed by atoms with Crippen molar-refractivity contribution in [3.05, 3.63) is 6.92 Å². The fourth-order valence-electron chi connectivity index (χ4n) is 1.18. The number of hydrogen-bond donors (Lipinski definition) is 3. The minimum Gasteiger partial charge on any atom is -0.390 e. The molecule has 5 nitrogen and oxygen atoms in total. The summed E-state index contributed by atoms with van der Waals surface area (Å²) in [6.07, 6.45) is -5.13. The second-order valence-corrected chi connectivity index (χ2v) is 2.75. The van der Waals surface area contributed by atoms with Gasteiger partial charge in [-0.2, -0.15) is 0 Å². The van der Waals surface area contributed by atoms with E-state index in [0.29, 0.717) is 0 Å². The summed E-state index contributed by atoms with van der Waals surface area (Å²) in [5.74, 6) is 0. The van der Waals surface area contributed by atoms with Gasteiger partial charge in [0, 0.05) is 7.11 Å². The van der Waals surface area contributed by atoms with E-state index in [1.165, 1.54) is 7.11 Å². The second-order valence-electron chi connectivity index (χ2n) is 2.75. The lowest BCUT2D eigenvalue weighted by atomic mass is 10.1. The fraction of sp³-hybridized carbons (Fsp3) is 0.857. The fourth-order valence-corrected chi connectivity index (χ4v) is 1.18. The van der Waals surface area contributed by atoms with E-state index in [-0.39, 0.29) is 0 Å². The molecule has 0 spiro atoms. The Labute approximate surface area is 70.5 Å². The molecule has 3 N–H and O–H groups in total. The molecule has 5 heteroatoms. The molecule has 0 amide bonds. The molecule has 71 valence electrons. The summed E-state index contributed by atoms with van der Waals surface area (Å²) in [5.41, 5.74) is 0. The molecular formula is C7H13O5. The Kier molecular flexibility index (Phi) is 3.03. The van der Waals surface area contributed by atoms with Crippen molar-refractivity contribution in [1.82, 2.24) is 0 Å². The summed E-state index contributed by atoms with van der Waals surface area (Å²) >= 11 is 0. The molecule has 5 atom stereocenters. The quantitative estimate of drug-likeness (QED) is 0.467. The third kappa shape index (κ3) is 1.60. The summed E-state index contributed by atoms with van der Waals surface area (Å²) < 4.78 is 9.66. The van der Waals surface area contributed by atoms with Crippen molar-refractivity contribution in [3.63, 3.8) is 0 Å². The van der Waals surface area contributed by atoms with Crippen LogP contribution in [0.4, 0.5) is 0 Å². The van der Waals surface area contributed by atoms with E-state index >= 15 is 0 Å². The van der Waals surface area contributed by atoms with E-state index in [4.69, 9.17) is 14.6 Å². The van der Waals surface area contributed by atoms with Crippen LogP contribution in [0.2, 0.25) is 0 Å². The van der Waals surface area contributed by atoms with Crippen LogP contribution in [0, 0.1) is 6.92 Å². The molecule has 1 heterocycles. The van der Waals surface area contributed by atoms with Gasteiger partial charge in [0.25, 0.3) is 0 Å². The average molecular weight is 177 g/mol. The van der Waals surface area contributed by atoms with Crippen molar-refractivity contribution in [1.29, 1.82) is 0 Å². The molecule has 1 saturated heterocycles. The van der Waals surface area contributed by atoms with Crippen LogP contribution in [0.25, 0.3) is 0 Å². The van der Waals surface area contributed by atoms with Crippen LogP contribution < -0.4 is 0 Å². The van der Waals surface area contributed by atoms with E-state index < -0.39 is 30.7 Å². The first-order valence-corrected chi connectivity index (χ1v) is 3.63. The van der Waals surface area contributed by atoms with Gasteiger partial charge in [0.2, 0.25) is 0 Å². The van der Waals surface area contributed by atoms with Gasteiger partial charge in [0.15, 0.2) is 6.29 Å². The van der Waals surface area contributed by atoms with Crippen LogP contribution in [0.1, 0.15) is 0 Å². The SMILES string of the molecule is [CH2][C@@H](O)[C@H]1OC(OC)[C@H](O)[C@H]1O. The van der Waals surface area contributed by atoms with Crippen molar-refractivity contribution in [2.24, 2.45) is 0 Å².